The van der Waals surface area contributed by atoms with Crippen molar-refractivity contribution < 1.29 is 14.6 Å². The van der Waals surface area contributed by atoms with E-state index in [4.69, 9.17) is 21.1 Å². The molecule has 0 aliphatic heterocycles. The Morgan fingerprint density at radius 1 is 1.44 bits per heavy atom. The summed E-state index contributed by atoms with van der Waals surface area (Å²) in [5, 5.41) is 10.4. The van der Waals surface area contributed by atoms with Gasteiger partial charge in [0.05, 0.1) is 6.10 Å². The molecule has 1 aromatic rings. The molecule has 2 rings (SSSR count). The van der Waals surface area contributed by atoms with Crippen LogP contribution in [-0.4, -0.2) is 30.0 Å². The number of rotatable bonds is 5. The molecule has 0 amide bonds. The highest BCUT2D eigenvalue weighted by Gasteiger charge is 2.42. The summed E-state index contributed by atoms with van der Waals surface area (Å²) in [6, 6.07) is 5.54. The monoisotopic (exact) mass is 270 g/mol. The lowest BCUT2D eigenvalue weighted by Crippen LogP contribution is -2.55. The van der Waals surface area contributed by atoms with Gasteiger partial charge in [0.2, 0.25) is 0 Å². The second kappa shape index (κ2) is 5.91. The Morgan fingerprint density at radius 2 is 2.22 bits per heavy atom. The number of aliphatic hydroxyl groups is 1. The standard InChI is InChI=1S/C14H19ClO3/c1-3-6-17-14-11(16)8-13(14)18-12-5-4-10(15)7-9(12)2/h4-5,7,11,13-14,16H,3,6,8H2,1-2H3. The molecule has 0 spiro atoms. The molecule has 0 heterocycles. The Hall–Kier alpha value is -0.770. The van der Waals surface area contributed by atoms with Crippen molar-refractivity contribution in [3.05, 3.63) is 28.8 Å². The van der Waals surface area contributed by atoms with Crippen LogP contribution < -0.4 is 4.74 Å². The van der Waals surface area contributed by atoms with Crippen molar-refractivity contribution >= 4 is 11.6 Å². The molecular formula is C14H19ClO3. The van der Waals surface area contributed by atoms with Gasteiger partial charge in [-0.05, 0) is 37.1 Å². The third-order valence-electron chi connectivity index (χ3n) is 3.15. The van der Waals surface area contributed by atoms with Gasteiger partial charge in [-0.15, -0.1) is 0 Å². The van der Waals surface area contributed by atoms with Gasteiger partial charge in [-0.1, -0.05) is 18.5 Å². The van der Waals surface area contributed by atoms with E-state index in [1.54, 1.807) is 6.07 Å². The van der Waals surface area contributed by atoms with Crippen molar-refractivity contribution in [2.45, 2.75) is 45.0 Å². The Balaban J connectivity index is 1.96. The molecule has 0 aromatic heterocycles. The van der Waals surface area contributed by atoms with Crippen molar-refractivity contribution in [3.63, 3.8) is 0 Å². The number of halogens is 1. The molecule has 3 atom stereocenters. The lowest BCUT2D eigenvalue weighted by Gasteiger charge is -2.41. The van der Waals surface area contributed by atoms with Crippen LogP contribution in [0.5, 0.6) is 5.75 Å². The average molecular weight is 271 g/mol. The Kier molecular flexibility index (Phi) is 4.49. The molecule has 3 nitrogen and oxygen atoms in total. The first-order valence-corrected chi connectivity index (χ1v) is 6.72. The highest BCUT2D eigenvalue weighted by atomic mass is 35.5. The summed E-state index contributed by atoms with van der Waals surface area (Å²) in [6.07, 6.45) is 0.882. The first-order chi connectivity index (χ1) is 8.61. The number of aryl methyl sites for hydroxylation is 1. The zero-order valence-electron chi connectivity index (χ0n) is 10.7. The van der Waals surface area contributed by atoms with E-state index in [0.717, 1.165) is 17.7 Å². The van der Waals surface area contributed by atoms with Gasteiger partial charge in [0.1, 0.15) is 18.0 Å². The van der Waals surface area contributed by atoms with Crippen molar-refractivity contribution in [1.82, 2.24) is 0 Å². The van der Waals surface area contributed by atoms with Gasteiger partial charge in [-0.3, -0.25) is 0 Å². The van der Waals surface area contributed by atoms with Gasteiger partial charge in [0.25, 0.3) is 0 Å². The molecule has 18 heavy (non-hydrogen) atoms. The zero-order valence-corrected chi connectivity index (χ0v) is 11.5. The molecule has 0 radical (unpaired) electrons. The summed E-state index contributed by atoms with van der Waals surface area (Å²) in [7, 11) is 0. The second-order valence-corrected chi connectivity index (χ2v) is 5.14. The van der Waals surface area contributed by atoms with E-state index in [2.05, 4.69) is 0 Å². The van der Waals surface area contributed by atoms with Crippen LogP contribution in [0.15, 0.2) is 18.2 Å². The largest absolute Gasteiger partial charge is 0.487 e. The molecule has 1 aliphatic carbocycles. The Bertz CT molecular complexity index is 408. The minimum atomic E-state index is -0.408. The van der Waals surface area contributed by atoms with E-state index in [-0.39, 0.29) is 12.2 Å². The minimum Gasteiger partial charge on any atom is -0.487 e. The SMILES string of the molecule is CCCOC1C(O)CC1Oc1ccc(Cl)cc1C. The highest BCUT2D eigenvalue weighted by Crippen LogP contribution is 2.31. The van der Waals surface area contributed by atoms with Crippen LogP contribution in [0.4, 0.5) is 0 Å². The summed E-state index contributed by atoms with van der Waals surface area (Å²) < 4.78 is 11.5. The Labute approximate surface area is 113 Å². The van der Waals surface area contributed by atoms with E-state index in [1.165, 1.54) is 0 Å². The second-order valence-electron chi connectivity index (χ2n) is 4.70. The van der Waals surface area contributed by atoms with Gasteiger partial charge in [0.15, 0.2) is 0 Å². The van der Waals surface area contributed by atoms with Crippen molar-refractivity contribution in [2.75, 3.05) is 6.61 Å². The molecule has 1 fully saturated rings. The third kappa shape index (κ3) is 2.97. The summed E-state index contributed by atoms with van der Waals surface area (Å²) >= 11 is 5.90. The predicted molar refractivity (Wildman–Crippen MR) is 71.3 cm³/mol. The van der Waals surface area contributed by atoms with Crippen LogP contribution in [0.25, 0.3) is 0 Å². The quantitative estimate of drug-likeness (QED) is 0.894. The lowest BCUT2D eigenvalue weighted by molar-refractivity contribution is -0.162. The van der Waals surface area contributed by atoms with Crippen molar-refractivity contribution in [1.29, 1.82) is 0 Å². The van der Waals surface area contributed by atoms with Crippen LogP contribution in [0.2, 0.25) is 5.02 Å². The number of ether oxygens (including phenoxy) is 2. The van der Waals surface area contributed by atoms with Gasteiger partial charge < -0.3 is 14.6 Å². The van der Waals surface area contributed by atoms with E-state index in [1.807, 2.05) is 26.0 Å². The molecular weight excluding hydrogens is 252 g/mol. The number of aliphatic hydroxyl groups excluding tert-OH is 1. The topological polar surface area (TPSA) is 38.7 Å². The molecule has 0 bridgehead atoms. The fourth-order valence-corrected chi connectivity index (χ4v) is 2.28. The smallest absolute Gasteiger partial charge is 0.130 e. The number of hydrogen-bond donors (Lipinski definition) is 1. The molecule has 1 saturated carbocycles. The number of hydrogen-bond acceptors (Lipinski definition) is 3. The van der Waals surface area contributed by atoms with E-state index < -0.39 is 6.10 Å². The van der Waals surface area contributed by atoms with Crippen molar-refractivity contribution in [3.8, 4) is 5.75 Å². The first kappa shape index (κ1) is 13.7. The van der Waals surface area contributed by atoms with Crippen LogP contribution >= 0.6 is 11.6 Å². The first-order valence-electron chi connectivity index (χ1n) is 6.34. The zero-order chi connectivity index (χ0) is 13.1. The van der Waals surface area contributed by atoms with Crippen molar-refractivity contribution in [2.24, 2.45) is 0 Å². The maximum absolute atomic E-state index is 9.67. The van der Waals surface area contributed by atoms with Crippen LogP contribution in [-0.2, 0) is 4.74 Å². The summed E-state index contributed by atoms with van der Waals surface area (Å²) in [5.74, 6) is 0.807. The summed E-state index contributed by atoms with van der Waals surface area (Å²) in [5.41, 5.74) is 0.998. The highest BCUT2D eigenvalue weighted by molar-refractivity contribution is 6.30. The molecule has 4 heteroatoms. The third-order valence-corrected chi connectivity index (χ3v) is 3.38. The molecule has 100 valence electrons. The molecule has 0 saturated heterocycles. The van der Waals surface area contributed by atoms with Gasteiger partial charge in [0, 0.05) is 18.1 Å². The fourth-order valence-electron chi connectivity index (χ4n) is 2.05. The molecule has 3 unspecified atom stereocenters. The van der Waals surface area contributed by atoms with Gasteiger partial charge in [-0.25, -0.2) is 0 Å². The summed E-state index contributed by atoms with van der Waals surface area (Å²) in [6.45, 7) is 4.66. The van der Waals surface area contributed by atoms with E-state index >= 15 is 0 Å². The molecule has 1 aliphatic rings. The predicted octanol–water partition coefficient (Wildman–Crippen LogP) is 2.96. The summed E-state index contributed by atoms with van der Waals surface area (Å²) in [4.78, 5) is 0. The van der Waals surface area contributed by atoms with Crippen LogP contribution in [0.1, 0.15) is 25.3 Å². The average Bonchev–Trinajstić information content (AvgIpc) is 2.32. The van der Waals surface area contributed by atoms with Gasteiger partial charge in [-0.2, -0.15) is 0 Å². The fraction of sp³-hybridized carbons (Fsp3) is 0.571. The molecule has 1 N–H and O–H groups in total. The normalized spacial score (nSPS) is 26.8. The van der Waals surface area contributed by atoms with E-state index in [9.17, 15) is 5.11 Å². The lowest BCUT2D eigenvalue weighted by atomic mass is 9.88. The maximum Gasteiger partial charge on any atom is 0.130 e. The maximum atomic E-state index is 9.67. The van der Waals surface area contributed by atoms with Crippen LogP contribution in [0, 0.1) is 6.92 Å². The van der Waals surface area contributed by atoms with E-state index in [0.29, 0.717) is 18.1 Å². The molecule has 1 aromatic carbocycles. The Morgan fingerprint density at radius 3 is 2.83 bits per heavy atom. The van der Waals surface area contributed by atoms with Crippen LogP contribution in [0.3, 0.4) is 0 Å². The number of benzene rings is 1. The van der Waals surface area contributed by atoms with Gasteiger partial charge >= 0.3 is 0 Å². The minimum absolute atomic E-state index is 0.0635.